The van der Waals surface area contributed by atoms with Crippen molar-refractivity contribution in [2.24, 2.45) is 5.41 Å². The quantitative estimate of drug-likeness (QED) is 0.877. The molecule has 21 heavy (non-hydrogen) atoms. The van der Waals surface area contributed by atoms with Gasteiger partial charge in [-0.25, -0.2) is 4.98 Å². The summed E-state index contributed by atoms with van der Waals surface area (Å²) >= 11 is 1.90. The number of anilines is 2. The Morgan fingerprint density at radius 3 is 2.71 bits per heavy atom. The molecule has 2 aromatic heterocycles. The van der Waals surface area contributed by atoms with E-state index in [1.54, 1.807) is 0 Å². The summed E-state index contributed by atoms with van der Waals surface area (Å²) < 4.78 is 1.26. The highest BCUT2D eigenvalue weighted by molar-refractivity contribution is 7.19. The normalized spacial score (nSPS) is 21.0. The van der Waals surface area contributed by atoms with Gasteiger partial charge in [0.15, 0.2) is 5.82 Å². The molecule has 0 spiro atoms. The van der Waals surface area contributed by atoms with Crippen molar-refractivity contribution in [3.05, 3.63) is 10.4 Å². The standard InChI is InChI=1S/C16H22N4S/c1-16(2)6-5-11-10(9-16)12-13(21-11)14(19-15(17)18-12)20-7-3-4-8-20/h3-9H2,1-2H3,(H2,17,18,19). The lowest BCUT2D eigenvalue weighted by atomic mass is 9.77. The van der Waals surface area contributed by atoms with Gasteiger partial charge in [0, 0.05) is 18.0 Å². The minimum Gasteiger partial charge on any atom is -0.368 e. The van der Waals surface area contributed by atoms with Crippen LogP contribution in [0.1, 0.15) is 43.6 Å². The molecule has 1 aliphatic carbocycles. The number of hydrogen-bond donors (Lipinski definition) is 1. The number of nitrogens with two attached hydrogens (primary N) is 1. The van der Waals surface area contributed by atoms with Crippen LogP contribution in [0.25, 0.3) is 10.2 Å². The Morgan fingerprint density at radius 1 is 1.19 bits per heavy atom. The van der Waals surface area contributed by atoms with E-state index >= 15 is 0 Å². The van der Waals surface area contributed by atoms with Gasteiger partial charge in [-0.2, -0.15) is 4.98 Å². The lowest BCUT2D eigenvalue weighted by Crippen LogP contribution is -2.21. The van der Waals surface area contributed by atoms with Gasteiger partial charge in [-0.1, -0.05) is 13.8 Å². The smallest absolute Gasteiger partial charge is 0.222 e. The van der Waals surface area contributed by atoms with Crippen LogP contribution in [0, 0.1) is 5.41 Å². The molecular formula is C16H22N4S. The number of rotatable bonds is 1. The molecule has 1 aliphatic heterocycles. The second-order valence-corrected chi connectivity index (χ2v) is 8.23. The van der Waals surface area contributed by atoms with Gasteiger partial charge in [-0.3, -0.25) is 0 Å². The summed E-state index contributed by atoms with van der Waals surface area (Å²) in [7, 11) is 0. The van der Waals surface area contributed by atoms with E-state index in [1.807, 2.05) is 11.3 Å². The van der Waals surface area contributed by atoms with Gasteiger partial charge in [0.2, 0.25) is 5.95 Å². The highest BCUT2D eigenvalue weighted by Gasteiger charge is 2.30. The predicted octanol–water partition coefficient (Wildman–Crippen LogP) is 3.39. The minimum absolute atomic E-state index is 0.370. The van der Waals surface area contributed by atoms with Gasteiger partial charge in [-0.05, 0) is 43.1 Å². The Morgan fingerprint density at radius 2 is 1.95 bits per heavy atom. The molecule has 4 nitrogen and oxygen atoms in total. The zero-order valence-electron chi connectivity index (χ0n) is 12.8. The molecule has 2 N–H and O–H groups in total. The molecule has 0 atom stereocenters. The van der Waals surface area contributed by atoms with Gasteiger partial charge < -0.3 is 10.6 Å². The molecule has 0 bridgehead atoms. The molecule has 1 saturated heterocycles. The average molecular weight is 302 g/mol. The lowest BCUT2D eigenvalue weighted by molar-refractivity contribution is 0.319. The first-order valence-corrected chi connectivity index (χ1v) is 8.68. The Bertz CT molecular complexity index is 698. The third kappa shape index (κ3) is 2.18. The molecule has 112 valence electrons. The van der Waals surface area contributed by atoms with Crippen molar-refractivity contribution in [1.29, 1.82) is 0 Å². The Kier molecular flexibility index (Phi) is 2.89. The first-order chi connectivity index (χ1) is 10.0. The van der Waals surface area contributed by atoms with Crippen molar-refractivity contribution < 1.29 is 0 Å². The topological polar surface area (TPSA) is 55.0 Å². The molecule has 2 aromatic rings. The first-order valence-electron chi connectivity index (χ1n) is 7.86. The van der Waals surface area contributed by atoms with E-state index < -0.39 is 0 Å². The van der Waals surface area contributed by atoms with Crippen LogP contribution in [0.15, 0.2) is 0 Å². The number of aromatic nitrogens is 2. The van der Waals surface area contributed by atoms with E-state index in [-0.39, 0.29) is 0 Å². The fraction of sp³-hybridized carbons (Fsp3) is 0.625. The maximum atomic E-state index is 6.01. The SMILES string of the molecule is CC1(C)CCc2sc3c(N4CCCC4)nc(N)nc3c2C1. The minimum atomic E-state index is 0.370. The monoisotopic (exact) mass is 302 g/mol. The fourth-order valence-electron chi connectivity index (χ4n) is 3.62. The van der Waals surface area contributed by atoms with E-state index in [0.717, 1.165) is 30.8 Å². The number of nitrogens with zero attached hydrogens (tertiary/aromatic N) is 3. The number of nitrogen functional groups attached to an aromatic ring is 1. The number of aryl methyl sites for hydroxylation is 1. The Hall–Kier alpha value is -1.36. The Labute approximate surface area is 129 Å². The number of hydrogen-bond acceptors (Lipinski definition) is 5. The summed E-state index contributed by atoms with van der Waals surface area (Å²) in [6.45, 7) is 6.90. The average Bonchev–Trinajstić information content (AvgIpc) is 3.05. The molecular weight excluding hydrogens is 280 g/mol. The van der Waals surface area contributed by atoms with Gasteiger partial charge in [0.05, 0.1) is 10.2 Å². The largest absolute Gasteiger partial charge is 0.368 e. The third-order valence-electron chi connectivity index (χ3n) is 4.80. The van der Waals surface area contributed by atoms with E-state index in [4.69, 9.17) is 5.73 Å². The highest BCUT2D eigenvalue weighted by Crippen LogP contribution is 2.44. The van der Waals surface area contributed by atoms with E-state index in [9.17, 15) is 0 Å². The second-order valence-electron chi connectivity index (χ2n) is 7.12. The van der Waals surface area contributed by atoms with Crippen LogP contribution in [0.5, 0.6) is 0 Å². The Balaban J connectivity index is 1.91. The predicted molar refractivity (Wildman–Crippen MR) is 89.1 cm³/mol. The van der Waals surface area contributed by atoms with Gasteiger partial charge in [0.1, 0.15) is 0 Å². The van der Waals surface area contributed by atoms with Crippen molar-refractivity contribution in [1.82, 2.24) is 9.97 Å². The van der Waals surface area contributed by atoms with Crippen LogP contribution < -0.4 is 10.6 Å². The van der Waals surface area contributed by atoms with Crippen molar-refractivity contribution >= 4 is 33.3 Å². The van der Waals surface area contributed by atoms with E-state index in [2.05, 4.69) is 28.7 Å². The van der Waals surface area contributed by atoms with Gasteiger partial charge in [-0.15, -0.1) is 11.3 Å². The van der Waals surface area contributed by atoms with E-state index in [0.29, 0.717) is 11.4 Å². The maximum absolute atomic E-state index is 6.01. The molecule has 4 rings (SSSR count). The van der Waals surface area contributed by atoms with Gasteiger partial charge in [0.25, 0.3) is 0 Å². The van der Waals surface area contributed by atoms with Crippen LogP contribution in [0.3, 0.4) is 0 Å². The molecule has 0 radical (unpaired) electrons. The summed E-state index contributed by atoms with van der Waals surface area (Å²) in [5.74, 6) is 1.50. The molecule has 0 aromatic carbocycles. The van der Waals surface area contributed by atoms with Crippen LogP contribution in [0.2, 0.25) is 0 Å². The second kappa shape index (κ2) is 4.57. The molecule has 0 saturated carbocycles. The zero-order chi connectivity index (χ0) is 14.6. The zero-order valence-corrected chi connectivity index (χ0v) is 13.6. The molecule has 0 unspecified atom stereocenters. The first kappa shape index (κ1) is 13.3. The lowest BCUT2D eigenvalue weighted by Gasteiger charge is -2.29. The summed E-state index contributed by atoms with van der Waals surface area (Å²) in [5, 5.41) is 0. The van der Waals surface area contributed by atoms with Crippen LogP contribution in [-0.2, 0) is 12.8 Å². The van der Waals surface area contributed by atoms with Crippen LogP contribution >= 0.6 is 11.3 Å². The molecule has 5 heteroatoms. The third-order valence-corrected chi connectivity index (χ3v) is 6.08. The molecule has 2 aliphatic rings. The van der Waals surface area contributed by atoms with Crippen molar-refractivity contribution in [2.75, 3.05) is 23.7 Å². The number of thiophene rings is 1. The number of fused-ring (bicyclic) bond motifs is 3. The summed E-state index contributed by atoms with van der Waals surface area (Å²) in [6.07, 6.45) is 6.04. The molecule has 1 fully saturated rings. The van der Waals surface area contributed by atoms with Crippen LogP contribution in [-0.4, -0.2) is 23.1 Å². The fourth-order valence-corrected chi connectivity index (χ4v) is 4.89. The van der Waals surface area contributed by atoms with Crippen molar-refractivity contribution in [3.63, 3.8) is 0 Å². The van der Waals surface area contributed by atoms with Crippen molar-refractivity contribution in [2.45, 2.75) is 46.0 Å². The van der Waals surface area contributed by atoms with Crippen LogP contribution in [0.4, 0.5) is 11.8 Å². The van der Waals surface area contributed by atoms with Crippen molar-refractivity contribution in [3.8, 4) is 0 Å². The van der Waals surface area contributed by atoms with Gasteiger partial charge >= 0.3 is 0 Å². The molecule has 0 amide bonds. The summed E-state index contributed by atoms with van der Waals surface area (Å²) in [6, 6.07) is 0. The highest BCUT2D eigenvalue weighted by atomic mass is 32.1. The maximum Gasteiger partial charge on any atom is 0.222 e. The van der Waals surface area contributed by atoms with E-state index in [1.165, 1.54) is 40.8 Å². The molecule has 3 heterocycles. The summed E-state index contributed by atoms with van der Waals surface area (Å²) in [4.78, 5) is 13.0. The summed E-state index contributed by atoms with van der Waals surface area (Å²) in [5.41, 5.74) is 8.93.